The lowest BCUT2D eigenvalue weighted by Crippen LogP contribution is -2.13. The van der Waals surface area contributed by atoms with Gasteiger partial charge in [-0.1, -0.05) is 0 Å². The van der Waals surface area contributed by atoms with Gasteiger partial charge in [0.25, 0.3) is 5.91 Å². The number of carbonyl (C=O) groups excluding carboxylic acids is 2. The minimum Gasteiger partial charge on any atom is -0.464 e. The number of nitrogens with one attached hydrogen (secondary N) is 2. The number of amides is 1. The highest BCUT2D eigenvalue weighted by Crippen LogP contribution is 2.25. The Morgan fingerprint density at radius 2 is 2.12 bits per heavy atom. The number of thiazole rings is 1. The molecule has 9 heteroatoms. The van der Waals surface area contributed by atoms with Crippen LogP contribution in [0.4, 0.5) is 5.13 Å². The number of anilines is 1. The van der Waals surface area contributed by atoms with Gasteiger partial charge >= 0.3 is 5.97 Å². The Kier molecular flexibility index (Phi) is 4.34. The first kappa shape index (κ1) is 15.8. The Bertz CT molecular complexity index is 885. The van der Waals surface area contributed by atoms with E-state index in [1.807, 2.05) is 0 Å². The maximum atomic E-state index is 12.1. The van der Waals surface area contributed by atoms with E-state index in [4.69, 9.17) is 0 Å². The maximum absolute atomic E-state index is 12.1. The number of H-pyrrole nitrogens is 1. The van der Waals surface area contributed by atoms with Crippen LogP contribution < -0.4 is 5.32 Å². The number of hydrogen-bond acceptors (Lipinski definition) is 7. The second kappa shape index (κ2) is 6.59. The van der Waals surface area contributed by atoms with E-state index in [0.717, 1.165) is 11.3 Å². The molecule has 0 aliphatic carbocycles. The van der Waals surface area contributed by atoms with Gasteiger partial charge in [0.2, 0.25) is 0 Å². The van der Waals surface area contributed by atoms with Crippen molar-refractivity contribution >= 4 is 28.3 Å². The number of aromatic amines is 1. The first-order chi connectivity index (χ1) is 11.6. The van der Waals surface area contributed by atoms with E-state index in [1.54, 1.807) is 24.6 Å². The van der Waals surface area contributed by atoms with Crippen molar-refractivity contribution in [1.82, 2.24) is 19.9 Å². The molecule has 0 bridgehead atoms. The molecule has 3 rings (SSSR count). The molecule has 0 radical (unpaired) electrons. The SMILES string of the molecule is COC(=O)c1cc(-c2csc(NC(=O)c3cnc(C)cn3)n2)c[nH]1. The zero-order valence-electron chi connectivity index (χ0n) is 12.9. The van der Waals surface area contributed by atoms with Gasteiger partial charge in [0.15, 0.2) is 5.13 Å². The monoisotopic (exact) mass is 343 g/mol. The van der Waals surface area contributed by atoms with E-state index < -0.39 is 5.97 Å². The van der Waals surface area contributed by atoms with Crippen molar-refractivity contribution in [3.63, 3.8) is 0 Å². The van der Waals surface area contributed by atoms with E-state index >= 15 is 0 Å². The molecule has 0 saturated carbocycles. The molecule has 0 unspecified atom stereocenters. The lowest BCUT2D eigenvalue weighted by Gasteiger charge is -2.00. The summed E-state index contributed by atoms with van der Waals surface area (Å²) in [6.07, 6.45) is 4.59. The van der Waals surface area contributed by atoms with Crippen LogP contribution in [0.1, 0.15) is 26.7 Å². The highest BCUT2D eigenvalue weighted by Gasteiger charge is 2.14. The second-order valence-corrected chi connectivity index (χ2v) is 5.69. The number of carbonyl (C=O) groups is 2. The third-order valence-corrected chi connectivity index (χ3v) is 3.88. The molecule has 0 aromatic carbocycles. The Morgan fingerprint density at radius 3 is 2.83 bits per heavy atom. The van der Waals surface area contributed by atoms with Crippen LogP contribution in [0.2, 0.25) is 0 Å². The molecule has 8 nitrogen and oxygen atoms in total. The summed E-state index contributed by atoms with van der Waals surface area (Å²) in [5, 5.41) is 4.88. The molecule has 2 N–H and O–H groups in total. The summed E-state index contributed by atoms with van der Waals surface area (Å²) in [4.78, 5) is 38.7. The first-order valence-corrected chi connectivity index (χ1v) is 7.77. The summed E-state index contributed by atoms with van der Waals surface area (Å²) in [7, 11) is 1.31. The number of hydrogen-bond donors (Lipinski definition) is 2. The fourth-order valence-electron chi connectivity index (χ4n) is 1.90. The van der Waals surface area contributed by atoms with E-state index in [2.05, 4.69) is 30.0 Å². The Labute approximate surface area is 141 Å². The second-order valence-electron chi connectivity index (χ2n) is 4.83. The van der Waals surface area contributed by atoms with Gasteiger partial charge in [0.1, 0.15) is 11.4 Å². The zero-order chi connectivity index (χ0) is 17.1. The van der Waals surface area contributed by atoms with E-state index in [1.165, 1.54) is 30.8 Å². The predicted octanol–water partition coefficient (Wildman–Crippen LogP) is 2.28. The summed E-state index contributed by atoms with van der Waals surface area (Å²) >= 11 is 1.27. The molecule has 1 amide bonds. The molecule has 24 heavy (non-hydrogen) atoms. The van der Waals surface area contributed by atoms with Crippen LogP contribution in [0, 0.1) is 6.92 Å². The standard InChI is InChI=1S/C15H13N5O3S/c1-8-4-17-11(6-16-8)13(21)20-15-19-12(7-24-15)9-3-10(18-5-9)14(22)23-2/h3-7,18H,1-2H3,(H,19,20,21). The van der Waals surface area contributed by atoms with Crippen LogP contribution in [0.5, 0.6) is 0 Å². The van der Waals surface area contributed by atoms with Crippen molar-refractivity contribution in [1.29, 1.82) is 0 Å². The van der Waals surface area contributed by atoms with Gasteiger partial charge in [0, 0.05) is 23.3 Å². The van der Waals surface area contributed by atoms with Crippen LogP contribution in [0.15, 0.2) is 30.0 Å². The largest absolute Gasteiger partial charge is 0.464 e. The first-order valence-electron chi connectivity index (χ1n) is 6.89. The number of ether oxygens (including phenoxy) is 1. The summed E-state index contributed by atoms with van der Waals surface area (Å²) in [5.74, 6) is -0.837. The van der Waals surface area contributed by atoms with Crippen molar-refractivity contribution in [3.8, 4) is 11.3 Å². The number of nitrogens with zero attached hydrogens (tertiary/aromatic N) is 3. The van der Waals surface area contributed by atoms with Crippen LogP contribution >= 0.6 is 11.3 Å². The molecule has 0 aliphatic rings. The lowest BCUT2D eigenvalue weighted by atomic mass is 10.2. The lowest BCUT2D eigenvalue weighted by molar-refractivity contribution is 0.0594. The van der Waals surface area contributed by atoms with Crippen LogP contribution in [0.25, 0.3) is 11.3 Å². The van der Waals surface area contributed by atoms with Gasteiger partial charge in [-0.3, -0.25) is 15.1 Å². The van der Waals surface area contributed by atoms with Crippen LogP contribution in [0.3, 0.4) is 0 Å². The molecule has 122 valence electrons. The predicted molar refractivity (Wildman–Crippen MR) is 88.0 cm³/mol. The van der Waals surface area contributed by atoms with Crippen LogP contribution in [-0.2, 0) is 4.74 Å². The van der Waals surface area contributed by atoms with Crippen molar-refractivity contribution in [2.24, 2.45) is 0 Å². The maximum Gasteiger partial charge on any atom is 0.354 e. The van der Waals surface area contributed by atoms with E-state index in [0.29, 0.717) is 16.5 Å². The molecule has 3 heterocycles. The minimum absolute atomic E-state index is 0.215. The van der Waals surface area contributed by atoms with E-state index in [9.17, 15) is 9.59 Å². The third-order valence-electron chi connectivity index (χ3n) is 3.12. The Hall–Kier alpha value is -3.07. The zero-order valence-corrected chi connectivity index (χ0v) is 13.7. The van der Waals surface area contributed by atoms with E-state index in [-0.39, 0.29) is 11.6 Å². The number of esters is 1. The molecule has 0 aliphatic heterocycles. The Morgan fingerprint density at radius 1 is 1.29 bits per heavy atom. The summed E-state index contributed by atoms with van der Waals surface area (Å²) in [6.45, 7) is 1.79. The molecular weight excluding hydrogens is 330 g/mol. The van der Waals surface area contributed by atoms with Gasteiger partial charge in [0.05, 0.1) is 24.7 Å². The number of methoxy groups -OCH3 is 1. The van der Waals surface area contributed by atoms with Crippen molar-refractivity contribution in [2.75, 3.05) is 12.4 Å². The summed E-state index contributed by atoms with van der Waals surface area (Å²) in [6, 6.07) is 1.64. The molecule has 3 aromatic heterocycles. The molecule has 3 aromatic rings. The van der Waals surface area contributed by atoms with Gasteiger partial charge in [-0.2, -0.15) is 0 Å². The Balaban J connectivity index is 1.73. The van der Waals surface area contributed by atoms with Crippen LogP contribution in [-0.4, -0.2) is 38.9 Å². The summed E-state index contributed by atoms with van der Waals surface area (Å²) in [5.41, 5.74) is 2.64. The average Bonchev–Trinajstić information content (AvgIpc) is 3.23. The highest BCUT2D eigenvalue weighted by molar-refractivity contribution is 7.14. The van der Waals surface area contributed by atoms with Crippen molar-refractivity contribution in [2.45, 2.75) is 6.92 Å². The third kappa shape index (κ3) is 3.30. The molecule has 0 saturated heterocycles. The quantitative estimate of drug-likeness (QED) is 0.703. The van der Waals surface area contributed by atoms with Gasteiger partial charge in [-0.05, 0) is 13.0 Å². The fraction of sp³-hybridized carbons (Fsp3) is 0.133. The summed E-state index contributed by atoms with van der Waals surface area (Å²) < 4.78 is 4.64. The number of aromatic nitrogens is 4. The van der Waals surface area contributed by atoms with Crippen molar-refractivity contribution < 1.29 is 14.3 Å². The minimum atomic E-state index is -0.456. The molecule has 0 fully saturated rings. The topological polar surface area (TPSA) is 110 Å². The van der Waals surface area contributed by atoms with Crippen molar-refractivity contribution in [3.05, 3.63) is 47.1 Å². The average molecular weight is 343 g/mol. The van der Waals surface area contributed by atoms with Gasteiger partial charge in [-0.15, -0.1) is 11.3 Å². The molecular formula is C15H13N5O3S. The smallest absolute Gasteiger partial charge is 0.354 e. The van der Waals surface area contributed by atoms with Gasteiger partial charge < -0.3 is 9.72 Å². The highest BCUT2D eigenvalue weighted by atomic mass is 32.1. The molecule has 0 atom stereocenters. The normalized spacial score (nSPS) is 10.4. The fourth-order valence-corrected chi connectivity index (χ4v) is 2.62. The molecule has 0 spiro atoms. The number of rotatable bonds is 4. The number of aryl methyl sites for hydroxylation is 1. The van der Waals surface area contributed by atoms with Gasteiger partial charge in [-0.25, -0.2) is 14.8 Å².